The van der Waals surface area contributed by atoms with E-state index in [1.165, 1.54) is 18.4 Å². The van der Waals surface area contributed by atoms with Crippen molar-refractivity contribution in [3.63, 3.8) is 0 Å². The number of ketones is 2. The molecule has 0 amide bonds. The summed E-state index contributed by atoms with van der Waals surface area (Å²) in [6.07, 6.45) is 10.3. The van der Waals surface area contributed by atoms with Crippen LogP contribution < -0.4 is 0 Å². The van der Waals surface area contributed by atoms with E-state index < -0.39 is 0 Å². The van der Waals surface area contributed by atoms with Crippen LogP contribution in [0.4, 0.5) is 0 Å². The van der Waals surface area contributed by atoms with Crippen molar-refractivity contribution in [2.24, 2.45) is 28.6 Å². The molecule has 2 nitrogen and oxygen atoms in total. The Morgan fingerprint density at radius 3 is 2.39 bits per heavy atom. The van der Waals surface area contributed by atoms with Crippen molar-refractivity contribution in [3.8, 4) is 0 Å². The molecule has 3 unspecified atom stereocenters. The van der Waals surface area contributed by atoms with Crippen molar-refractivity contribution < 1.29 is 9.59 Å². The monoisotopic (exact) mass is 332 g/mol. The van der Waals surface area contributed by atoms with Crippen LogP contribution in [0.3, 0.4) is 0 Å². The van der Waals surface area contributed by atoms with Gasteiger partial charge in [-0.05, 0) is 73.5 Å². The summed E-state index contributed by atoms with van der Waals surface area (Å²) in [7, 11) is 0. The lowest BCUT2D eigenvalue weighted by atomic mass is 9.47. The molecule has 4 aliphatic carbocycles. The molecule has 0 radical (unpaired) electrons. The molecule has 0 bridgehead atoms. The SMILES string of the molecule is CSC1=C2CCC3C(CC[C@]4(C)C(=O)CCC34)[C@@]2(C)CCC1=O. The van der Waals surface area contributed by atoms with Crippen molar-refractivity contribution >= 4 is 23.3 Å². The van der Waals surface area contributed by atoms with E-state index in [0.717, 1.165) is 43.4 Å². The molecule has 0 saturated heterocycles. The van der Waals surface area contributed by atoms with Gasteiger partial charge in [0.2, 0.25) is 0 Å². The van der Waals surface area contributed by atoms with Crippen molar-refractivity contribution in [3.05, 3.63) is 10.5 Å². The highest BCUT2D eigenvalue weighted by Crippen LogP contribution is 2.65. The van der Waals surface area contributed by atoms with Crippen molar-refractivity contribution in [1.82, 2.24) is 0 Å². The molecule has 3 saturated carbocycles. The van der Waals surface area contributed by atoms with Gasteiger partial charge in [-0.3, -0.25) is 9.59 Å². The van der Waals surface area contributed by atoms with E-state index in [1.807, 2.05) is 0 Å². The third-order valence-corrected chi connectivity index (χ3v) is 8.87. The first-order valence-corrected chi connectivity index (χ1v) is 10.5. The predicted octanol–water partition coefficient (Wildman–Crippen LogP) is 4.78. The van der Waals surface area contributed by atoms with Gasteiger partial charge in [-0.1, -0.05) is 13.8 Å². The number of rotatable bonds is 1. The number of carbonyl (C=O) groups excluding carboxylic acids is 2. The lowest BCUT2D eigenvalue weighted by Crippen LogP contribution is -2.51. The van der Waals surface area contributed by atoms with Gasteiger partial charge in [0.15, 0.2) is 5.78 Å². The van der Waals surface area contributed by atoms with Crippen LogP contribution in [0.2, 0.25) is 0 Å². The second-order valence-electron chi connectivity index (χ2n) is 8.69. The van der Waals surface area contributed by atoms with E-state index in [9.17, 15) is 9.59 Å². The first-order chi connectivity index (χ1) is 10.9. The molecule has 5 atom stereocenters. The third kappa shape index (κ3) is 2.01. The maximum Gasteiger partial charge on any atom is 0.169 e. The molecule has 3 heteroatoms. The fourth-order valence-corrected chi connectivity index (χ4v) is 7.59. The normalized spacial score (nSPS) is 46.5. The summed E-state index contributed by atoms with van der Waals surface area (Å²) < 4.78 is 0. The van der Waals surface area contributed by atoms with Gasteiger partial charge < -0.3 is 0 Å². The van der Waals surface area contributed by atoms with Gasteiger partial charge in [-0.25, -0.2) is 0 Å². The van der Waals surface area contributed by atoms with Crippen LogP contribution in [0.5, 0.6) is 0 Å². The molecule has 0 aromatic rings. The topological polar surface area (TPSA) is 34.1 Å². The van der Waals surface area contributed by atoms with E-state index in [1.54, 1.807) is 11.8 Å². The Hall–Kier alpha value is -0.570. The van der Waals surface area contributed by atoms with E-state index >= 15 is 0 Å². The zero-order chi connectivity index (χ0) is 16.4. The predicted molar refractivity (Wildman–Crippen MR) is 94.2 cm³/mol. The maximum absolute atomic E-state index is 12.5. The van der Waals surface area contributed by atoms with Crippen LogP contribution in [0.15, 0.2) is 10.5 Å². The molecule has 0 N–H and O–H groups in total. The number of hydrogen-bond donors (Lipinski definition) is 0. The van der Waals surface area contributed by atoms with Gasteiger partial charge in [0.1, 0.15) is 5.78 Å². The highest BCUT2D eigenvalue weighted by atomic mass is 32.2. The Morgan fingerprint density at radius 2 is 1.65 bits per heavy atom. The molecule has 4 rings (SSSR count). The van der Waals surface area contributed by atoms with Crippen LogP contribution in [0.1, 0.15) is 65.2 Å². The van der Waals surface area contributed by atoms with E-state index in [0.29, 0.717) is 29.3 Å². The van der Waals surface area contributed by atoms with Gasteiger partial charge >= 0.3 is 0 Å². The van der Waals surface area contributed by atoms with Gasteiger partial charge in [-0.2, -0.15) is 0 Å². The Kier molecular flexibility index (Phi) is 3.61. The number of hydrogen-bond acceptors (Lipinski definition) is 3. The number of carbonyl (C=O) groups is 2. The summed E-state index contributed by atoms with van der Waals surface area (Å²) in [6, 6.07) is 0. The number of thioether (sulfide) groups is 1. The summed E-state index contributed by atoms with van der Waals surface area (Å²) in [5.74, 6) is 2.88. The molecule has 0 spiro atoms. The summed E-state index contributed by atoms with van der Waals surface area (Å²) >= 11 is 1.67. The zero-order valence-corrected chi connectivity index (χ0v) is 15.4. The van der Waals surface area contributed by atoms with Crippen molar-refractivity contribution in [1.29, 1.82) is 0 Å². The van der Waals surface area contributed by atoms with Crippen molar-refractivity contribution in [2.75, 3.05) is 6.26 Å². The Balaban J connectivity index is 1.73. The highest BCUT2D eigenvalue weighted by molar-refractivity contribution is 8.03. The minimum atomic E-state index is -0.0361. The molecule has 3 fully saturated rings. The fraction of sp³-hybridized carbons (Fsp3) is 0.800. The standard InChI is InChI=1S/C20H28O2S/c1-19-11-9-16(21)18(23-3)15(19)5-4-12-13-6-7-17(22)20(13,2)10-8-14(12)19/h12-14H,4-11H2,1-3H3/t12?,13?,14?,19-,20+/m1/s1. The fourth-order valence-electron chi connectivity index (χ4n) is 6.67. The molecule has 4 aliphatic rings. The Labute approximate surface area is 143 Å². The number of fused-ring (bicyclic) bond motifs is 5. The third-order valence-electron chi connectivity index (χ3n) is 7.98. The molecule has 0 aliphatic heterocycles. The smallest absolute Gasteiger partial charge is 0.169 e. The first kappa shape index (κ1) is 15.9. The summed E-state index contributed by atoms with van der Waals surface area (Å²) in [5, 5.41) is 0. The number of allylic oxidation sites excluding steroid dienone is 1. The highest BCUT2D eigenvalue weighted by Gasteiger charge is 2.59. The lowest BCUT2D eigenvalue weighted by Gasteiger charge is -2.57. The molecule has 0 heterocycles. The van der Waals surface area contributed by atoms with Crippen molar-refractivity contribution in [2.45, 2.75) is 65.2 Å². The molecule has 0 aromatic heterocycles. The lowest BCUT2D eigenvalue weighted by molar-refractivity contribution is -0.132. The summed E-state index contributed by atoms with van der Waals surface area (Å²) in [4.78, 5) is 25.9. The average Bonchev–Trinajstić information content (AvgIpc) is 2.83. The Bertz CT molecular complexity index is 607. The largest absolute Gasteiger partial charge is 0.299 e. The second-order valence-corrected chi connectivity index (χ2v) is 9.50. The number of Topliss-reactive ketones (excluding diaryl/α,β-unsaturated/α-hetero) is 2. The van der Waals surface area contributed by atoms with Crippen LogP contribution in [-0.4, -0.2) is 17.8 Å². The van der Waals surface area contributed by atoms with E-state index in [2.05, 4.69) is 20.1 Å². The summed E-state index contributed by atoms with van der Waals surface area (Å²) in [6.45, 7) is 4.68. The quantitative estimate of drug-likeness (QED) is 0.693. The summed E-state index contributed by atoms with van der Waals surface area (Å²) in [5.41, 5.74) is 1.64. The molecule has 126 valence electrons. The van der Waals surface area contributed by atoms with Crippen LogP contribution in [0, 0.1) is 28.6 Å². The molecular formula is C20H28O2S. The average molecular weight is 333 g/mol. The minimum absolute atomic E-state index is 0.0361. The van der Waals surface area contributed by atoms with Gasteiger partial charge in [0, 0.05) is 23.2 Å². The van der Waals surface area contributed by atoms with Gasteiger partial charge in [-0.15, -0.1) is 11.8 Å². The molecule has 0 aromatic carbocycles. The first-order valence-electron chi connectivity index (χ1n) is 9.26. The van der Waals surface area contributed by atoms with Crippen LogP contribution in [0.25, 0.3) is 0 Å². The Morgan fingerprint density at radius 1 is 0.913 bits per heavy atom. The molecule has 23 heavy (non-hydrogen) atoms. The second kappa shape index (κ2) is 5.21. The maximum atomic E-state index is 12.5. The van der Waals surface area contributed by atoms with Gasteiger partial charge in [0.05, 0.1) is 0 Å². The van der Waals surface area contributed by atoms with E-state index in [4.69, 9.17) is 0 Å². The van der Waals surface area contributed by atoms with Crippen LogP contribution in [-0.2, 0) is 9.59 Å². The van der Waals surface area contributed by atoms with Gasteiger partial charge in [0.25, 0.3) is 0 Å². The van der Waals surface area contributed by atoms with E-state index in [-0.39, 0.29) is 10.8 Å². The van der Waals surface area contributed by atoms with Crippen LogP contribution >= 0.6 is 11.8 Å². The minimum Gasteiger partial charge on any atom is -0.299 e. The zero-order valence-electron chi connectivity index (χ0n) is 14.6. The molecular weight excluding hydrogens is 304 g/mol.